The standard InChI is InChI=1S/C17H18N2O3/c1-9(2)11-5-4-6-12-14(11)17(22)19(16(12)21)13-8-7-10(3)18-15(13)20/h4-6,9,13H,3,7-8H2,1-2H3,(H,18,20)/t13-/m0/s1. The SMILES string of the molecule is C=C1CC[C@H](N2C(=O)c3cccc(C(C)C)c3C2=O)C(=O)N1. The molecule has 0 unspecified atom stereocenters. The Hall–Kier alpha value is -2.43. The number of fused-ring (bicyclic) bond motifs is 1. The van der Waals surface area contributed by atoms with E-state index in [9.17, 15) is 14.4 Å². The van der Waals surface area contributed by atoms with E-state index < -0.39 is 6.04 Å². The van der Waals surface area contributed by atoms with E-state index >= 15 is 0 Å². The zero-order valence-corrected chi connectivity index (χ0v) is 12.7. The van der Waals surface area contributed by atoms with E-state index in [1.165, 1.54) is 0 Å². The quantitative estimate of drug-likeness (QED) is 0.851. The number of carbonyl (C=O) groups is 3. The van der Waals surface area contributed by atoms with Crippen molar-refractivity contribution < 1.29 is 14.4 Å². The fraction of sp³-hybridized carbons (Fsp3) is 0.353. The third kappa shape index (κ3) is 2.04. The Kier molecular flexibility index (Phi) is 3.35. The van der Waals surface area contributed by atoms with Gasteiger partial charge in [0.05, 0.1) is 11.1 Å². The summed E-state index contributed by atoms with van der Waals surface area (Å²) in [5.41, 5.74) is 2.31. The van der Waals surface area contributed by atoms with Gasteiger partial charge in [0, 0.05) is 5.70 Å². The highest BCUT2D eigenvalue weighted by Crippen LogP contribution is 2.33. The molecule has 0 bridgehead atoms. The predicted molar refractivity (Wildman–Crippen MR) is 81.3 cm³/mol. The summed E-state index contributed by atoms with van der Waals surface area (Å²) in [4.78, 5) is 38.6. The van der Waals surface area contributed by atoms with Gasteiger partial charge in [0.15, 0.2) is 0 Å². The number of benzene rings is 1. The summed E-state index contributed by atoms with van der Waals surface area (Å²) in [5, 5.41) is 2.63. The van der Waals surface area contributed by atoms with Gasteiger partial charge in [-0.2, -0.15) is 0 Å². The Labute approximate surface area is 129 Å². The molecule has 5 heteroatoms. The van der Waals surface area contributed by atoms with Crippen LogP contribution >= 0.6 is 0 Å². The molecule has 3 amide bonds. The monoisotopic (exact) mass is 298 g/mol. The van der Waals surface area contributed by atoms with Crippen LogP contribution < -0.4 is 5.32 Å². The van der Waals surface area contributed by atoms with Gasteiger partial charge in [-0.3, -0.25) is 19.3 Å². The highest BCUT2D eigenvalue weighted by atomic mass is 16.2. The van der Waals surface area contributed by atoms with E-state index in [1.54, 1.807) is 12.1 Å². The number of piperidine rings is 1. The molecule has 22 heavy (non-hydrogen) atoms. The van der Waals surface area contributed by atoms with Crippen molar-refractivity contribution in [1.29, 1.82) is 0 Å². The van der Waals surface area contributed by atoms with Crippen LogP contribution in [-0.2, 0) is 4.79 Å². The van der Waals surface area contributed by atoms with E-state index in [0.717, 1.165) is 10.5 Å². The number of carbonyl (C=O) groups excluding carboxylic acids is 3. The average molecular weight is 298 g/mol. The summed E-state index contributed by atoms with van der Waals surface area (Å²) in [5.74, 6) is -0.949. The largest absolute Gasteiger partial charge is 0.329 e. The number of hydrogen-bond donors (Lipinski definition) is 1. The first-order valence-corrected chi connectivity index (χ1v) is 7.41. The van der Waals surface area contributed by atoms with Crippen molar-refractivity contribution in [1.82, 2.24) is 10.2 Å². The normalized spacial score (nSPS) is 21.4. The molecule has 1 saturated heterocycles. The molecular weight excluding hydrogens is 280 g/mol. The second kappa shape index (κ2) is 5.09. The fourth-order valence-corrected chi connectivity index (χ4v) is 3.10. The summed E-state index contributed by atoms with van der Waals surface area (Å²) in [6.07, 6.45) is 0.994. The average Bonchev–Trinajstić information content (AvgIpc) is 2.72. The van der Waals surface area contributed by atoms with Crippen molar-refractivity contribution in [3.8, 4) is 0 Å². The van der Waals surface area contributed by atoms with Crippen molar-refractivity contribution in [3.05, 3.63) is 47.2 Å². The molecule has 1 fully saturated rings. The first kappa shape index (κ1) is 14.5. The summed E-state index contributed by atoms with van der Waals surface area (Å²) < 4.78 is 0. The molecule has 114 valence electrons. The van der Waals surface area contributed by atoms with Crippen LogP contribution in [0.15, 0.2) is 30.5 Å². The zero-order chi connectivity index (χ0) is 16.0. The Bertz CT molecular complexity index is 706. The molecule has 2 heterocycles. The molecule has 1 atom stereocenters. The molecule has 2 aliphatic heterocycles. The maximum atomic E-state index is 12.8. The van der Waals surface area contributed by atoms with Gasteiger partial charge in [-0.1, -0.05) is 32.6 Å². The molecule has 0 spiro atoms. The van der Waals surface area contributed by atoms with E-state index in [2.05, 4.69) is 11.9 Å². The van der Waals surface area contributed by atoms with Gasteiger partial charge >= 0.3 is 0 Å². The lowest BCUT2D eigenvalue weighted by Gasteiger charge is -2.29. The van der Waals surface area contributed by atoms with Gasteiger partial charge in [-0.05, 0) is 30.4 Å². The third-order valence-electron chi connectivity index (χ3n) is 4.23. The van der Waals surface area contributed by atoms with Gasteiger partial charge in [0.1, 0.15) is 6.04 Å². The van der Waals surface area contributed by atoms with E-state index in [-0.39, 0.29) is 23.6 Å². The van der Waals surface area contributed by atoms with Crippen LogP contribution in [0.25, 0.3) is 0 Å². The molecular formula is C17H18N2O3. The Morgan fingerprint density at radius 1 is 1.23 bits per heavy atom. The Morgan fingerprint density at radius 3 is 2.59 bits per heavy atom. The number of allylic oxidation sites excluding steroid dienone is 1. The second-order valence-corrected chi connectivity index (χ2v) is 6.05. The molecule has 2 aliphatic rings. The third-order valence-corrected chi connectivity index (χ3v) is 4.23. The van der Waals surface area contributed by atoms with Crippen LogP contribution in [0.1, 0.15) is 58.9 Å². The number of hydrogen-bond acceptors (Lipinski definition) is 3. The molecule has 0 aromatic heterocycles. The number of nitrogens with zero attached hydrogens (tertiary/aromatic N) is 1. The van der Waals surface area contributed by atoms with Gasteiger partial charge in [-0.25, -0.2) is 0 Å². The molecule has 1 N–H and O–H groups in total. The highest BCUT2D eigenvalue weighted by Gasteiger charge is 2.44. The first-order chi connectivity index (χ1) is 10.4. The summed E-state index contributed by atoms with van der Waals surface area (Å²) in [6.45, 7) is 7.68. The number of amides is 3. The molecule has 1 aromatic rings. The Morgan fingerprint density at radius 2 is 1.95 bits per heavy atom. The predicted octanol–water partition coefficient (Wildman–Crippen LogP) is 2.20. The number of imide groups is 1. The molecule has 0 aliphatic carbocycles. The van der Waals surface area contributed by atoms with Crippen LogP contribution in [0, 0.1) is 0 Å². The lowest BCUT2D eigenvalue weighted by molar-refractivity contribution is -0.125. The topological polar surface area (TPSA) is 66.5 Å². The van der Waals surface area contributed by atoms with Gasteiger partial charge in [-0.15, -0.1) is 0 Å². The molecule has 1 aromatic carbocycles. The maximum Gasteiger partial charge on any atom is 0.262 e. The minimum Gasteiger partial charge on any atom is -0.329 e. The molecule has 0 radical (unpaired) electrons. The van der Waals surface area contributed by atoms with Crippen molar-refractivity contribution in [2.75, 3.05) is 0 Å². The summed E-state index contributed by atoms with van der Waals surface area (Å²) >= 11 is 0. The van der Waals surface area contributed by atoms with Crippen molar-refractivity contribution in [3.63, 3.8) is 0 Å². The Balaban J connectivity index is 2.02. The lowest BCUT2D eigenvalue weighted by Crippen LogP contribution is -2.51. The summed E-state index contributed by atoms with van der Waals surface area (Å²) in [6, 6.07) is 4.55. The fourth-order valence-electron chi connectivity index (χ4n) is 3.10. The zero-order valence-electron chi connectivity index (χ0n) is 12.7. The van der Waals surface area contributed by atoms with Crippen LogP contribution in [0.4, 0.5) is 0 Å². The molecule has 0 saturated carbocycles. The van der Waals surface area contributed by atoms with Crippen molar-refractivity contribution >= 4 is 17.7 Å². The summed E-state index contributed by atoms with van der Waals surface area (Å²) in [7, 11) is 0. The number of rotatable bonds is 2. The van der Waals surface area contributed by atoms with Gasteiger partial charge in [0.2, 0.25) is 5.91 Å². The van der Waals surface area contributed by atoms with Crippen LogP contribution in [0.3, 0.4) is 0 Å². The van der Waals surface area contributed by atoms with Crippen molar-refractivity contribution in [2.45, 2.75) is 38.6 Å². The molecule has 3 rings (SSSR count). The van der Waals surface area contributed by atoms with Gasteiger partial charge < -0.3 is 5.32 Å². The van der Waals surface area contributed by atoms with Crippen LogP contribution in [-0.4, -0.2) is 28.7 Å². The lowest BCUT2D eigenvalue weighted by atomic mass is 9.94. The van der Waals surface area contributed by atoms with Crippen molar-refractivity contribution in [2.24, 2.45) is 0 Å². The minimum absolute atomic E-state index is 0.131. The van der Waals surface area contributed by atoms with Crippen LogP contribution in [0.2, 0.25) is 0 Å². The van der Waals surface area contributed by atoms with E-state index in [0.29, 0.717) is 29.7 Å². The van der Waals surface area contributed by atoms with E-state index in [4.69, 9.17) is 0 Å². The smallest absolute Gasteiger partial charge is 0.262 e. The minimum atomic E-state index is -0.752. The number of nitrogens with one attached hydrogen (secondary N) is 1. The van der Waals surface area contributed by atoms with E-state index in [1.807, 2.05) is 19.9 Å². The van der Waals surface area contributed by atoms with Crippen LogP contribution in [0.5, 0.6) is 0 Å². The first-order valence-electron chi connectivity index (χ1n) is 7.41. The maximum absolute atomic E-state index is 12.8. The highest BCUT2D eigenvalue weighted by molar-refractivity contribution is 6.23. The molecule has 5 nitrogen and oxygen atoms in total. The second-order valence-electron chi connectivity index (χ2n) is 6.05. The van der Waals surface area contributed by atoms with Gasteiger partial charge in [0.25, 0.3) is 11.8 Å².